The van der Waals surface area contributed by atoms with Gasteiger partial charge < -0.3 is 0 Å². The Labute approximate surface area is 203 Å². The minimum Gasteiger partial charge on any atom is -0.292 e. The zero-order valence-corrected chi connectivity index (χ0v) is 20.4. The number of carbonyl (C=O) groups is 3. The quantitative estimate of drug-likeness (QED) is 0.423. The van der Waals surface area contributed by atoms with Crippen LogP contribution in [-0.2, 0) is 33.3 Å². The second-order valence-electron chi connectivity index (χ2n) is 9.54. The molecule has 5 nitrogen and oxygen atoms in total. The Morgan fingerprint density at radius 3 is 2.32 bits per heavy atom. The normalized spacial score (nSPS) is 19.2. The van der Waals surface area contributed by atoms with Gasteiger partial charge in [0.15, 0.2) is 0 Å². The molecule has 0 atom stereocenters. The monoisotopic (exact) mass is 502 g/mol. The first-order valence-corrected chi connectivity index (χ1v) is 12.1. The molecule has 3 aromatic rings. The lowest BCUT2D eigenvalue weighted by Crippen LogP contribution is -2.43. The first-order valence-electron chi connectivity index (χ1n) is 10.9. The maximum atomic E-state index is 15.2. The molecule has 0 spiro atoms. The number of hydrogen-bond acceptors (Lipinski definition) is 5. The molecule has 0 saturated carbocycles. The zero-order chi connectivity index (χ0) is 24.6. The van der Waals surface area contributed by atoms with Gasteiger partial charge in [0.2, 0.25) is 17.6 Å². The Balaban J connectivity index is 1.81. The molecule has 1 aromatic carbocycles. The molecule has 1 aliphatic carbocycles. The van der Waals surface area contributed by atoms with Gasteiger partial charge in [0.25, 0.3) is 0 Å². The summed E-state index contributed by atoms with van der Waals surface area (Å²) < 4.78 is 30.5. The molecule has 1 aliphatic heterocycles. The lowest BCUT2D eigenvalue weighted by atomic mass is 9.73. The number of fused-ring (bicyclic) bond motifs is 3. The average molecular weight is 503 g/mol. The van der Waals surface area contributed by atoms with Crippen LogP contribution in [0.4, 0.5) is 8.78 Å². The number of rotatable bonds is 3. The summed E-state index contributed by atoms with van der Waals surface area (Å²) in [6.45, 7) is 4.85. The molecule has 2 amide bonds. The van der Waals surface area contributed by atoms with Crippen LogP contribution in [0.25, 0.3) is 21.3 Å². The van der Waals surface area contributed by atoms with E-state index in [4.69, 9.17) is 11.6 Å². The fourth-order valence-electron chi connectivity index (χ4n) is 4.73. The molecule has 1 fully saturated rings. The predicted molar refractivity (Wildman–Crippen MR) is 126 cm³/mol. The van der Waals surface area contributed by atoms with E-state index in [9.17, 15) is 14.4 Å². The van der Waals surface area contributed by atoms with Crippen molar-refractivity contribution in [3.63, 3.8) is 0 Å². The van der Waals surface area contributed by atoms with Gasteiger partial charge in [-0.1, -0.05) is 55.3 Å². The first-order chi connectivity index (χ1) is 15.9. The summed E-state index contributed by atoms with van der Waals surface area (Å²) >= 11 is 7.62. The molecule has 2 aliphatic rings. The summed E-state index contributed by atoms with van der Waals surface area (Å²) in [6.07, 6.45) is 0.385. The third-order valence-corrected chi connectivity index (χ3v) is 8.16. The summed E-state index contributed by atoms with van der Waals surface area (Å²) in [7, 11) is 0. The molecule has 3 heterocycles. The van der Waals surface area contributed by atoms with Gasteiger partial charge in [-0.3, -0.25) is 19.3 Å². The highest BCUT2D eigenvalue weighted by Gasteiger charge is 2.55. The van der Waals surface area contributed by atoms with Crippen LogP contribution in [0.5, 0.6) is 0 Å². The molecule has 0 unspecified atom stereocenters. The molecule has 5 rings (SSSR count). The fourth-order valence-corrected chi connectivity index (χ4v) is 6.23. The van der Waals surface area contributed by atoms with Crippen molar-refractivity contribution in [2.45, 2.75) is 52.5 Å². The summed E-state index contributed by atoms with van der Waals surface area (Å²) in [6, 6.07) is 7.50. The molecule has 0 radical (unpaired) electrons. The van der Waals surface area contributed by atoms with Crippen molar-refractivity contribution in [3.8, 4) is 11.1 Å². The number of aromatic nitrogens is 1. The summed E-state index contributed by atoms with van der Waals surface area (Å²) in [4.78, 5) is 42.6. The Hall–Kier alpha value is -2.71. The Kier molecular flexibility index (Phi) is 5.19. The van der Waals surface area contributed by atoms with Crippen molar-refractivity contribution >= 4 is 50.8 Å². The van der Waals surface area contributed by atoms with Crippen LogP contribution in [-0.4, -0.2) is 27.5 Å². The van der Waals surface area contributed by atoms with Crippen LogP contribution >= 0.6 is 22.9 Å². The van der Waals surface area contributed by atoms with Gasteiger partial charge in [-0.15, -0.1) is 11.3 Å². The number of imide groups is 1. The Morgan fingerprint density at radius 1 is 1.09 bits per heavy atom. The summed E-state index contributed by atoms with van der Waals surface area (Å²) in [5.41, 5.74) is 1.64. The van der Waals surface area contributed by atoms with Crippen LogP contribution in [0.2, 0.25) is 5.02 Å². The SMILES string of the molecule is Cc1ccc(-c2c(Cl)c(CN3C(=O)CCC3=O)nc3sc4c(c23)CC(C)(C)C(=O)C4(F)F)cc1. The van der Waals surface area contributed by atoms with Crippen molar-refractivity contribution in [1.29, 1.82) is 0 Å². The predicted octanol–water partition coefficient (Wildman–Crippen LogP) is 5.82. The van der Waals surface area contributed by atoms with Gasteiger partial charge in [-0.05, 0) is 24.5 Å². The summed E-state index contributed by atoms with van der Waals surface area (Å²) in [5.74, 6) is -5.38. The molecule has 0 bridgehead atoms. The van der Waals surface area contributed by atoms with Crippen LogP contribution in [0.3, 0.4) is 0 Å². The van der Waals surface area contributed by atoms with Crippen LogP contribution in [0.15, 0.2) is 24.3 Å². The number of pyridine rings is 1. The maximum Gasteiger partial charge on any atom is 0.340 e. The van der Waals surface area contributed by atoms with E-state index in [1.807, 2.05) is 31.2 Å². The lowest BCUT2D eigenvalue weighted by molar-refractivity contribution is -0.155. The van der Waals surface area contributed by atoms with E-state index in [1.54, 1.807) is 0 Å². The minimum absolute atomic E-state index is 0.125. The second kappa shape index (κ2) is 7.65. The second-order valence-corrected chi connectivity index (χ2v) is 10.9. The van der Waals surface area contributed by atoms with Crippen LogP contribution in [0.1, 0.15) is 48.4 Å². The van der Waals surface area contributed by atoms with Gasteiger partial charge in [-0.2, -0.15) is 8.78 Å². The average Bonchev–Trinajstić information content (AvgIpc) is 3.28. The van der Waals surface area contributed by atoms with Crippen molar-refractivity contribution in [2.24, 2.45) is 5.41 Å². The van der Waals surface area contributed by atoms with Crippen LogP contribution in [0, 0.1) is 12.3 Å². The number of benzene rings is 1. The van der Waals surface area contributed by atoms with Gasteiger partial charge in [-0.25, -0.2) is 4.98 Å². The smallest absolute Gasteiger partial charge is 0.292 e. The number of alkyl halides is 2. The number of ketones is 1. The lowest BCUT2D eigenvalue weighted by Gasteiger charge is -2.33. The summed E-state index contributed by atoms with van der Waals surface area (Å²) in [5, 5.41) is 0.708. The van der Waals surface area contributed by atoms with Crippen molar-refractivity contribution in [1.82, 2.24) is 9.88 Å². The van der Waals surface area contributed by atoms with Crippen LogP contribution < -0.4 is 0 Å². The van der Waals surface area contributed by atoms with E-state index in [1.165, 1.54) is 13.8 Å². The molecule has 34 heavy (non-hydrogen) atoms. The van der Waals surface area contributed by atoms with E-state index < -0.39 is 17.1 Å². The number of nitrogens with zero attached hydrogens (tertiary/aromatic N) is 2. The largest absolute Gasteiger partial charge is 0.340 e. The maximum absolute atomic E-state index is 15.2. The molecule has 176 valence electrons. The van der Waals surface area contributed by atoms with Crippen molar-refractivity contribution in [2.75, 3.05) is 0 Å². The Bertz CT molecular complexity index is 1380. The van der Waals surface area contributed by atoms with E-state index in [-0.39, 0.29) is 53.2 Å². The number of halogens is 3. The van der Waals surface area contributed by atoms with Gasteiger partial charge in [0, 0.05) is 29.2 Å². The molecule has 2 aromatic heterocycles. The van der Waals surface area contributed by atoms with Gasteiger partial charge >= 0.3 is 5.92 Å². The van der Waals surface area contributed by atoms with Crippen molar-refractivity contribution < 1.29 is 23.2 Å². The highest BCUT2D eigenvalue weighted by molar-refractivity contribution is 7.19. The molecule has 1 saturated heterocycles. The number of thiophene rings is 1. The van der Waals surface area contributed by atoms with Crippen molar-refractivity contribution in [3.05, 3.63) is 51.0 Å². The van der Waals surface area contributed by atoms with E-state index in [2.05, 4.69) is 4.98 Å². The highest BCUT2D eigenvalue weighted by atomic mass is 35.5. The van der Waals surface area contributed by atoms with E-state index in [0.717, 1.165) is 21.8 Å². The standard InChI is InChI=1S/C25H21ClF2N2O3S/c1-12-4-6-13(7-5-12)18-19-14-10-24(2,3)23(33)25(27,28)21(14)34-22(19)29-15(20(18)26)11-30-16(31)8-9-17(30)32/h4-7H,8-11H2,1-3H3. The van der Waals surface area contributed by atoms with E-state index in [0.29, 0.717) is 26.9 Å². The highest BCUT2D eigenvalue weighted by Crippen LogP contribution is 2.53. The number of Topliss-reactive ketones (excluding diaryl/α,β-unsaturated/α-hetero) is 1. The molecular weight excluding hydrogens is 482 g/mol. The zero-order valence-electron chi connectivity index (χ0n) is 18.8. The van der Waals surface area contributed by atoms with E-state index >= 15 is 8.78 Å². The fraction of sp³-hybridized carbons (Fsp3) is 0.360. The number of aryl methyl sites for hydroxylation is 1. The van der Waals surface area contributed by atoms with Gasteiger partial charge in [0.05, 0.1) is 22.1 Å². The number of hydrogen-bond donors (Lipinski definition) is 0. The number of likely N-dealkylation sites (tertiary alicyclic amines) is 1. The molecular formula is C25H21ClF2N2O3S. The third-order valence-electron chi connectivity index (χ3n) is 6.55. The minimum atomic E-state index is -3.64. The third kappa shape index (κ3) is 3.38. The Morgan fingerprint density at radius 2 is 1.71 bits per heavy atom. The number of carbonyl (C=O) groups excluding carboxylic acids is 3. The molecule has 9 heteroatoms. The molecule has 0 N–H and O–H groups in total. The van der Waals surface area contributed by atoms with Gasteiger partial charge in [0.1, 0.15) is 4.83 Å². The number of amides is 2. The first kappa shape index (κ1) is 23.1. The topological polar surface area (TPSA) is 67.3 Å².